The number of carbonyl (C=O) groups excluding carboxylic acids is 2. The summed E-state index contributed by atoms with van der Waals surface area (Å²) < 4.78 is 4.58. The molecule has 0 aromatic carbocycles. The number of hydrogen-bond acceptors (Lipinski definition) is 3. The summed E-state index contributed by atoms with van der Waals surface area (Å²) in [5.41, 5.74) is 0. The van der Waals surface area contributed by atoms with E-state index in [0.29, 0.717) is 0 Å². The van der Waals surface area contributed by atoms with Crippen LogP contribution in [0.2, 0.25) is 0 Å². The maximum Gasteiger partial charge on any atom is 0.321 e. The largest absolute Gasteiger partial charge is 0.473 e. The zero-order valence-corrected chi connectivity index (χ0v) is 6.24. The van der Waals surface area contributed by atoms with Crippen molar-refractivity contribution in [3.8, 4) is 0 Å². The average Bonchev–Trinajstić information content (AvgIpc) is 2.63. The second kappa shape index (κ2) is 4.17. The van der Waals surface area contributed by atoms with Gasteiger partial charge < -0.3 is 9.73 Å². The van der Waals surface area contributed by atoms with Crippen LogP contribution in [0.5, 0.6) is 0 Å². The summed E-state index contributed by atoms with van der Waals surface area (Å²) in [4.78, 5) is 20.1. The van der Waals surface area contributed by atoms with Crippen LogP contribution in [0, 0.1) is 0 Å². The van der Waals surface area contributed by atoms with Crippen LogP contribution in [0.25, 0.3) is 0 Å². The summed E-state index contributed by atoms with van der Waals surface area (Å²) in [5.74, 6) is -0.259. The maximum atomic E-state index is 10.1. The minimum atomic E-state index is -0.398. The molecule has 0 aliphatic carbocycles. The number of carbonyl (C=O) groups is 2. The van der Waals surface area contributed by atoms with Gasteiger partial charge in [0.1, 0.15) is 0 Å². The molecule has 2 N–H and O–H groups in total. The molecule has 0 atom stereocenters. The highest BCUT2D eigenvalue weighted by molar-refractivity contribution is 6.01. The molecule has 12 heavy (non-hydrogen) atoms. The number of furan rings is 1. The van der Waals surface area contributed by atoms with E-state index in [1.165, 1.54) is 0 Å². The van der Waals surface area contributed by atoms with Crippen molar-refractivity contribution < 1.29 is 14.0 Å². The molecular formula is C7H8N2O3. The van der Waals surface area contributed by atoms with Gasteiger partial charge in [0.05, 0.1) is 19.1 Å². The molecule has 5 heteroatoms. The van der Waals surface area contributed by atoms with Crippen molar-refractivity contribution in [2.24, 2.45) is 0 Å². The highest BCUT2D eigenvalue weighted by Gasteiger charge is 2.14. The predicted molar refractivity (Wildman–Crippen MR) is 40.2 cm³/mol. The fraction of sp³-hybridized carbons (Fsp3) is 0.143. The second-order valence-corrected chi connectivity index (χ2v) is 2.02. The van der Waals surface area contributed by atoms with E-state index in [9.17, 15) is 9.59 Å². The SMILES string of the molecule is O=C1CNC(=O)N1.c1ccoc1. The van der Waals surface area contributed by atoms with Crippen LogP contribution >= 0.6 is 0 Å². The Morgan fingerprint density at radius 1 is 1.25 bits per heavy atom. The van der Waals surface area contributed by atoms with Gasteiger partial charge in [-0.1, -0.05) is 0 Å². The highest BCUT2D eigenvalue weighted by Crippen LogP contribution is 1.79. The van der Waals surface area contributed by atoms with E-state index in [1.54, 1.807) is 12.5 Å². The van der Waals surface area contributed by atoms with Crippen molar-refractivity contribution in [1.82, 2.24) is 10.6 Å². The van der Waals surface area contributed by atoms with E-state index in [1.807, 2.05) is 17.4 Å². The second-order valence-electron chi connectivity index (χ2n) is 2.02. The molecule has 3 amide bonds. The topological polar surface area (TPSA) is 71.3 Å². The smallest absolute Gasteiger partial charge is 0.321 e. The first-order valence-electron chi connectivity index (χ1n) is 3.34. The number of rotatable bonds is 0. The molecule has 1 saturated heterocycles. The van der Waals surface area contributed by atoms with E-state index >= 15 is 0 Å². The van der Waals surface area contributed by atoms with Gasteiger partial charge in [-0.05, 0) is 12.1 Å². The number of nitrogens with one attached hydrogen (secondary N) is 2. The van der Waals surface area contributed by atoms with E-state index in [4.69, 9.17) is 0 Å². The summed E-state index contributed by atoms with van der Waals surface area (Å²) in [5, 5.41) is 4.30. The molecule has 0 unspecified atom stereocenters. The van der Waals surface area contributed by atoms with Gasteiger partial charge in [0, 0.05) is 0 Å². The quantitative estimate of drug-likeness (QED) is 0.540. The summed E-state index contributed by atoms with van der Waals surface area (Å²) >= 11 is 0. The molecule has 0 saturated carbocycles. The molecule has 0 radical (unpaired) electrons. The lowest BCUT2D eigenvalue weighted by molar-refractivity contribution is -0.117. The highest BCUT2D eigenvalue weighted by atomic mass is 16.3. The Balaban J connectivity index is 0.000000127. The Morgan fingerprint density at radius 2 is 1.92 bits per heavy atom. The summed E-state index contributed by atoms with van der Waals surface area (Å²) in [6.07, 6.45) is 3.25. The Labute approximate surface area is 68.7 Å². The molecular weight excluding hydrogens is 160 g/mol. The van der Waals surface area contributed by atoms with E-state index in [2.05, 4.69) is 9.73 Å². The van der Waals surface area contributed by atoms with E-state index in [0.717, 1.165) is 0 Å². The molecule has 64 valence electrons. The lowest BCUT2D eigenvalue weighted by Crippen LogP contribution is -2.22. The van der Waals surface area contributed by atoms with Gasteiger partial charge in [-0.15, -0.1) is 0 Å². The minimum Gasteiger partial charge on any atom is -0.473 e. The van der Waals surface area contributed by atoms with Gasteiger partial charge in [-0.3, -0.25) is 10.1 Å². The number of hydrogen-bond donors (Lipinski definition) is 2. The van der Waals surface area contributed by atoms with Crippen molar-refractivity contribution >= 4 is 11.9 Å². The molecule has 0 bridgehead atoms. The van der Waals surface area contributed by atoms with Crippen molar-refractivity contribution in [2.45, 2.75) is 0 Å². The standard InChI is InChI=1S/C4H4O.C3H4N2O2/c1-2-4-5-3-1;6-2-1-4-3(7)5-2/h1-4H;1H2,(H2,4,5,6,7). The lowest BCUT2D eigenvalue weighted by atomic mass is 10.7. The monoisotopic (exact) mass is 168 g/mol. The molecule has 1 aromatic heterocycles. The minimum absolute atomic E-state index is 0.124. The molecule has 1 aliphatic heterocycles. The van der Waals surface area contributed by atoms with Crippen LogP contribution in [-0.4, -0.2) is 18.5 Å². The van der Waals surface area contributed by atoms with Crippen molar-refractivity contribution in [3.05, 3.63) is 24.7 Å². The van der Waals surface area contributed by atoms with Gasteiger partial charge in [-0.2, -0.15) is 0 Å². The number of imide groups is 1. The molecule has 1 aromatic rings. The maximum absolute atomic E-state index is 10.1. The molecule has 1 fully saturated rings. The lowest BCUT2D eigenvalue weighted by Gasteiger charge is -1.78. The van der Waals surface area contributed by atoms with Gasteiger partial charge in [0.25, 0.3) is 0 Å². The summed E-state index contributed by atoms with van der Waals surface area (Å²) in [7, 11) is 0. The molecule has 2 heterocycles. The Kier molecular flexibility index (Phi) is 2.89. The first kappa shape index (κ1) is 8.32. The van der Waals surface area contributed by atoms with Crippen LogP contribution in [0.4, 0.5) is 4.79 Å². The predicted octanol–water partition coefficient (Wildman–Crippen LogP) is 0.105. The van der Waals surface area contributed by atoms with Crippen LogP contribution in [0.3, 0.4) is 0 Å². The Bertz CT molecular complexity index is 224. The molecule has 2 rings (SSSR count). The zero-order chi connectivity index (χ0) is 8.81. The molecule has 0 spiro atoms. The van der Waals surface area contributed by atoms with Gasteiger partial charge in [-0.25, -0.2) is 4.79 Å². The van der Waals surface area contributed by atoms with Gasteiger partial charge in [0.2, 0.25) is 5.91 Å². The fourth-order valence-corrected chi connectivity index (χ4v) is 0.602. The number of amides is 3. The van der Waals surface area contributed by atoms with Crippen LogP contribution in [0.1, 0.15) is 0 Å². The fourth-order valence-electron chi connectivity index (χ4n) is 0.602. The van der Waals surface area contributed by atoms with Gasteiger partial charge >= 0.3 is 6.03 Å². The number of urea groups is 1. The third-order valence-corrected chi connectivity index (χ3v) is 1.09. The first-order chi connectivity index (χ1) is 5.79. The van der Waals surface area contributed by atoms with E-state index < -0.39 is 6.03 Å². The Hall–Kier alpha value is -1.78. The van der Waals surface area contributed by atoms with Crippen LogP contribution in [-0.2, 0) is 4.79 Å². The van der Waals surface area contributed by atoms with Crippen LogP contribution < -0.4 is 10.6 Å². The molecule has 5 nitrogen and oxygen atoms in total. The average molecular weight is 168 g/mol. The third-order valence-electron chi connectivity index (χ3n) is 1.09. The van der Waals surface area contributed by atoms with Crippen molar-refractivity contribution in [3.63, 3.8) is 0 Å². The van der Waals surface area contributed by atoms with Gasteiger partial charge in [0.15, 0.2) is 0 Å². The third kappa shape index (κ3) is 2.87. The summed E-state index contributed by atoms with van der Waals surface area (Å²) in [6.45, 7) is 0.124. The first-order valence-corrected chi connectivity index (χ1v) is 3.34. The normalized spacial score (nSPS) is 14.3. The summed E-state index contributed by atoms with van der Waals surface area (Å²) in [6, 6.07) is 3.27. The van der Waals surface area contributed by atoms with Crippen molar-refractivity contribution in [2.75, 3.05) is 6.54 Å². The molecule has 1 aliphatic rings. The zero-order valence-electron chi connectivity index (χ0n) is 6.24. The van der Waals surface area contributed by atoms with Crippen LogP contribution in [0.15, 0.2) is 29.1 Å². The van der Waals surface area contributed by atoms with Crippen molar-refractivity contribution in [1.29, 1.82) is 0 Å². The van der Waals surface area contributed by atoms with E-state index in [-0.39, 0.29) is 12.5 Å². The Morgan fingerprint density at radius 3 is 2.08 bits per heavy atom.